The predicted octanol–water partition coefficient (Wildman–Crippen LogP) is 5.36. The zero-order valence-corrected chi connectivity index (χ0v) is 25.3. The van der Waals surface area contributed by atoms with Crippen LogP contribution in [0, 0.1) is 0 Å². The Kier molecular flexibility index (Phi) is 19.6. The first-order valence-corrected chi connectivity index (χ1v) is 16.4. The van der Waals surface area contributed by atoms with Crippen molar-refractivity contribution in [1.82, 2.24) is 0 Å². The molecule has 0 aliphatic rings. The highest BCUT2D eigenvalue weighted by Gasteiger charge is 2.13. The van der Waals surface area contributed by atoms with Crippen molar-refractivity contribution in [2.45, 2.75) is 109 Å². The number of quaternary nitrogens is 1. The highest BCUT2D eigenvalue weighted by Crippen LogP contribution is 2.38. The van der Waals surface area contributed by atoms with Gasteiger partial charge in [0.2, 0.25) is 0 Å². The van der Waals surface area contributed by atoms with Gasteiger partial charge in [-0.05, 0) is 30.3 Å². The molecule has 0 radical (unpaired) electrons. The van der Waals surface area contributed by atoms with Crippen LogP contribution in [0.2, 0.25) is 0 Å². The summed E-state index contributed by atoms with van der Waals surface area (Å²) in [5, 5.41) is 18.3. The molecule has 0 aromatic heterocycles. The van der Waals surface area contributed by atoms with Crippen molar-refractivity contribution in [1.29, 1.82) is 0 Å². The monoisotopic (exact) mass is 555 g/mol. The lowest BCUT2D eigenvalue weighted by molar-refractivity contribution is -0.870. The van der Waals surface area contributed by atoms with Crippen LogP contribution >= 0.6 is 7.82 Å². The molecule has 0 saturated carbocycles. The van der Waals surface area contributed by atoms with Crippen LogP contribution in [0.15, 0.2) is 24.3 Å². The summed E-state index contributed by atoms with van der Waals surface area (Å²) in [5.74, 6) is 0. The third-order valence-corrected chi connectivity index (χ3v) is 7.90. The van der Waals surface area contributed by atoms with Crippen LogP contribution in [0.5, 0.6) is 0 Å². The van der Waals surface area contributed by atoms with E-state index in [0.29, 0.717) is 16.5 Å². The second-order valence-corrected chi connectivity index (χ2v) is 13.1. The Labute approximate surface area is 233 Å². The highest BCUT2D eigenvalue weighted by atomic mass is 31.2. The quantitative estimate of drug-likeness (QED) is 0.0730. The lowest BCUT2D eigenvalue weighted by Crippen LogP contribution is -2.37. The molecule has 0 heterocycles. The van der Waals surface area contributed by atoms with Crippen molar-refractivity contribution < 1.29 is 33.0 Å². The number of hydrogen-bond donors (Lipinski definition) is 2. The van der Waals surface area contributed by atoms with E-state index in [4.69, 9.17) is 19.1 Å². The maximum absolute atomic E-state index is 11.7. The number of hydrogen-bond acceptors (Lipinski definition) is 6. The Morgan fingerprint density at radius 1 is 0.684 bits per heavy atom. The molecular weight excluding hydrogens is 500 g/mol. The van der Waals surface area contributed by atoms with Crippen LogP contribution in [0.25, 0.3) is 0 Å². The predicted molar refractivity (Wildman–Crippen MR) is 156 cm³/mol. The van der Waals surface area contributed by atoms with Crippen molar-refractivity contribution in [3.05, 3.63) is 29.8 Å². The second-order valence-electron chi connectivity index (χ2n) is 11.6. The maximum Gasteiger partial charge on any atom is 0.488 e. The number of likely N-dealkylation sites (N-methyl/N-ethyl adjacent to an activating group) is 1. The van der Waals surface area contributed by atoms with Gasteiger partial charge in [0, 0.05) is 0 Å². The normalized spacial score (nSPS) is 13.5. The summed E-state index contributed by atoms with van der Waals surface area (Å²) in [4.78, 5) is 11.7. The van der Waals surface area contributed by atoms with Crippen LogP contribution in [-0.4, -0.2) is 62.6 Å². The largest absolute Gasteiger partial charge is 0.756 e. The van der Waals surface area contributed by atoms with E-state index in [1.807, 2.05) is 33.3 Å². The number of rotatable bonds is 25. The van der Waals surface area contributed by atoms with Gasteiger partial charge < -0.3 is 28.5 Å². The van der Waals surface area contributed by atoms with Crippen LogP contribution in [0.1, 0.15) is 108 Å². The summed E-state index contributed by atoms with van der Waals surface area (Å²) in [6.07, 6.45) is 20.9. The molecule has 9 heteroatoms. The molecule has 0 spiro atoms. The van der Waals surface area contributed by atoms with Gasteiger partial charge in [-0.25, -0.2) is 0 Å². The van der Waals surface area contributed by atoms with Gasteiger partial charge in [0.15, 0.2) is 0 Å². The van der Waals surface area contributed by atoms with Gasteiger partial charge in [-0.15, -0.1) is 0 Å². The standard InChI is InChI=1S/C29H55BNO6P/c1-31(2,3)25-27-37-38(34,35)36-26-19-17-15-13-11-9-7-5-4-6-8-10-12-14-16-18-20-28-21-23-29(24-22-28)30(32)33/h21-24,32-33H,4-20,25-27H2,1-3H3. The van der Waals surface area contributed by atoms with E-state index in [-0.39, 0.29) is 13.2 Å². The molecule has 38 heavy (non-hydrogen) atoms. The molecule has 0 aliphatic heterocycles. The minimum Gasteiger partial charge on any atom is -0.756 e. The number of nitrogens with zero attached hydrogens (tertiary/aromatic N) is 1. The van der Waals surface area contributed by atoms with Crippen molar-refractivity contribution in [3.8, 4) is 0 Å². The Bertz CT molecular complexity index is 742. The summed E-state index contributed by atoms with van der Waals surface area (Å²) in [6, 6.07) is 7.58. The van der Waals surface area contributed by atoms with Crippen molar-refractivity contribution in [2.75, 3.05) is 40.9 Å². The molecule has 0 fully saturated rings. The van der Waals surface area contributed by atoms with E-state index < -0.39 is 14.9 Å². The molecule has 1 rings (SSSR count). The van der Waals surface area contributed by atoms with Crippen molar-refractivity contribution in [2.24, 2.45) is 0 Å². The highest BCUT2D eigenvalue weighted by molar-refractivity contribution is 7.45. The molecule has 220 valence electrons. The average molecular weight is 556 g/mol. The molecule has 0 saturated heterocycles. The summed E-state index contributed by atoms with van der Waals surface area (Å²) in [7, 11) is 0.438. The van der Waals surface area contributed by atoms with Crippen LogP contribution in [0.3, 0.4) is 0 Å². The third kappa shape index (κ3) is 21.1. The molecular formula is C29H55BNO6P. The van der Waals surface area contributed by atoms with Gasteiger partial charge in [0.05, 0.1) is 27.7 Å². The van der Waals surface area contributed by atoms with E-state index in [1.54, 1.807) is 12.1 Å². The molecule has 1 aromatic rings. The second kappa shape index (κ2) is 21.1. The number of phosphoric acid groups is 1. The molecule has 0 aliphatic carbocycles. The lowest BCUT2D eigenvalue weighted by atomic mass is 9.80. The topological polar surface area (TPSA) is 99.1 Å². The van der Waals surface area contributed by atoms with Gasteiger partial charge in [-0.2, -0.15) is 0 Å². The van der Waals surface area contributed by atoms with Gasteiger partial charge in [-0.3, -0.25) is 4.57 Å². The van der Waals surface area contributed by atoms with E-state index in [9.17, 15) is 9.46 Å². The van der Waals surface area contributed by atoms with Gasteiger partial charge >= 0.3 is 7.12 Å². The van der Waals surface area contributed by atoms with E-state index in [1.165, 1.54) is 89.0 Å². The molecule has 0 amide bonds. The van der Waals surface area contributed by atoms with Gasteiger partial charge in [0.25, 0.3) is 7.82 Å². The molecule has 7 nitrogen and oxygen atoms in total. The Morgan fingerprint density at radius 3 is 1.50 bits per heavy atom. The van der Waals surface area contributed by atoms with Gasteiger partial charge in [-0.1, -0.05) is 114 Å². The molecule has 2 N–H and O–H groups in total. The van der Waals surface area contributed by atoms with Crippen molar-refractivity contribution in [3.63, 3.8) is 0 Å². The fourth-order valence-corrected chi connectivity index (χ4v) is 5.14. The summed E-state index contributed by atoms with van der Waals surface area (Å²) in [6.45, 7) is 0.997. The maximum atomic E-state index is 11.7. The SMILES string of the molecule is C[N+](C)(C)CCOP(=O)([O-])OCCCCCCCCCCCCCCCCCCc1ccc(B(O)O)cc1. The lowest BCUT2D eigenvalue weighted by Gasteiger charge is -2.27. The van der Waals surface area contributed by atoms with Crippen LogP contribution < -0.4 is 10.4 Å². The molecule has 1 atom stereocenters. The first-order valence-electron chi connectivity index (χ1n) is 14.9. The first-order chi connectivity index (χ1) is 18.1. The number of phosphoric ester groups is 1. The fourth-order valence-electron chi connectivity index (χ4n) is 4.40. The molecule has 1 aromatic carbocycles. The van der Waals surface area contributed by atoms with Crippen molar-refractivity contribution >= 4 is 20.4 Å². The Hall–Kier alpha value is -0.725. The number of aryl methyl sites for hydroxylation is 1. The zero-order chi connectivity index (χ0) is 28.1. The van der Waals surface area contributed by atoms with E-state index in [0.717, 1.165) is 25.7 Å². The molecule has 1 unspecified atom stereocenters. The Morgan fingerprint density at radius 2 is 1.08 bits per heavy atom. The summed E-state index contributed by atoms with van der Waals surface area (Å²) >= 11 is 0. The van der Waals surface area contributed by atoms with Gasteiger partial charge in [0.1, 0.15) is 13.2 Å². The third-order valence-electron chi connectivity index (χ3n) is 6.90. The van der Waals surface area contributed by atoms with E-state index >= 15 is 0 Å². The zero-order valence-electron chi connectivity index (χ0n) is 24.5. The minimum atomic E-state index is -4.16. The number of benzene rings is 1. The first kappa shape index (κ1) is 35.3. The summed E-state index contributed by atoms with van der Waals surface area (Å²) < 4.78 is 22.2. The fraction of sp³-hybridized carbons (Fsp3) is 0.793. The minimum absolute atomic E-state index is 0.156. The summed E-state index contributed by atoms with van der Waals surface area (Å²) in [5.41, 5.74) is 1.82. The van der Waals surface area contributed by atoms with Crippen LogP contribution in [-0.2, 0) is 20.0 Å². The van der Waals surface area contributed by atoms with Crippen LogP contribution in [0.4, 0.5) is 0 Å². The molecule has 0 bridgehead atoms. The Balaban J connectivity index is 1.79. The average Bonchev–Trinajstić information content (AvgIpc) is 2.84. The smallest absolute Gasteiger partial charge is 0.488 e. The van der Waals surface area contributed by atoms with E-state index in [2.05, 4.69) is 0 Å². The number of unbranched alkanes of at least 4 members (excludes halogenated alkanes) is 15.